The molecule has 0 saturated carbocycles. The zero-order chi connectivity index (χ0) is 23.6. The molecular weight excluding hydrogens is 404 g/mol. The van der Waals surface area contributed by atoms with E-state index in [4.69, 9.17) is 14.2 Å². The van der Waals surface area contributed by atoms with Crippen molar-refractivity contribution in [2.24, 2.45) is 0 Å². The fourth-order valence-corrected chi connectivity index (χ4v) is 3.57. The Bertz CT molecular complexity index is 615. The van der Waals surface area contributed by atoms with Crippen molar-refractivity contribution in [3.8, 4) is 28.7 Å². The summed E-state index contributed by atoms with van der Waals surface area (Å²) in [6.07, 6.45) is 14.6. The summed E-state index contributed by atoms with van der Waals surface area (Å²) >= 11 is 0. The van der Waals surface area contributed by atoms with Crippen molar-refractivity contribution in [1.82, 2.24) is 0 Å². The van der Waals surface area contributed by atoms with E-state index < -0.39 is 0 Å². The van der Waals surface area contributed by atoms with Gasteiger partial charge in [-0.3, -0.25) is 0 Å². The van der Waals surface area contributed by atoms with Gasteiger partial charge in [-0.1, -0.05) is 85.5 Å². The van der Waals surface area contributed by atoms with Gasteiger partial charge >= 0.3 is 0 Å². The van der Waals surface area contributed by atoms with Crippen molar-refractivity contribution in [2.75, 3.05) is 19.8 Å². The van der Waals surface area contributed by atoms with E-state index >= 15 is 0 Å². The summed E-state index contributed by atoms with van der Waals surface area (Å²) in [4.78, 5) is 0. The van der Waals surface area contributed by atoms with Gasteiger partial charge in [0.15, 0.2) is 11.5 Å². The van der Waals surface area contributed by atoms with Gasteiger partial charge in [0.05, 0.1) is 19.8 Å². The third-order valence-electron chi connectivity index (χ3n) is 5.67. The molecule has 0 aliphatic heterocycles. The van der Waals surface area contributed by atoms with Crippen molar-refractivity contribution >= 4 is 0 Å². The number of phenols is 2. The van der Waals surface area contributed by atoms with Gasteiger partial charge in [-0.15, -0.1) is 0 Å². The maximum Gasteiger partial charge on any atom is 0.211 e. The molecule has 0 heterocycles. The maximum absolute atomic E-state index is 10.9. The molecule has 1 aromatic carbocycles. The molecule has 5 nitrogen and oxygen atoms in total. The van der Waals surface area contributed by atoms with Crippen LogP contribution in [0.3, 0.4) is 0 Å². The van der Waals surface area contributed by atoms with Gasteiger partial charge in [0, 0.05) is 5.56 Å². The Morgan fingerprint density at radius 2 is 0.906 bits per heavy atom. The molecular formula is C27H48O5. The molecule has 1 aromatic rings. The molecule has 0 unspecified atom stereocenters. The number of unbranched alkanes of at least 4 members (excludes halogenated alkanes) is 9. The summed E-state index contributed by atoms with van der Waals surface area (Å²) in [6, 6.07) is 0. The monoisotopic (exact) mass is 452 g/mol. The Kier molecular flexibility index (Phi) is 15.7. The average molecular weight is 453 g/mol. The Morgan fingerprint density at radius 1 is 0.469 bits per heavy atom. The summed E-state index contributed by atoms with van der Waals surface area (Å²) in [5.41, 5.74) is 0.640. The van der Waals surface area contributed by atoms with Crippen LogP contribution in [0.5, 0.6) is 28.7 Å². The number of ether oxygens (including phenoxy) is 3. The molecule has 32 heavy (non-hydrogen) atoms. The van der Waals surface area contributed by atoms with E-state index in [0.717, 1.165) is 51.4 Å². The molecule has 0 aliphatic rings. The molecule has 0 fully saturated rings. The standard InChI is InChI=1S/C27H48O5/c1-5-9-13-14-15-16-17-18-22-23(28)24(29)26(31-20-11-7-3)27(32-21-12-8-4)25(22)30-19-10-6-2/h28-29H,5-21H2,1-4H3. The Balaban J connectivity index is 3.13. The minimum absolute atomic E-state index is 0.128. The van der Waals surface area contributed by atoms with Gasteiger partial charge in [-0.05, 0) is 32.1 Å². The highest BCUT2D eigenvalue weighted by atomic mass is 16.5. The quantitative estimate of drug-likeness (QED) is 0.155. The number of benzene rings is 1. The zero-order valence-electron chi connectivity index (χ0n) is 21.1. The second-order valence-corrected chi connectivity index (χ2v) is 8.64. The number of rotatable bonds is 20. The lowest BCUT2D eigenvalue weighted by molar-refractivity contribution is 0.225. The predicted molar refractivity (Wildman–Crippen MR) is 133 cm³/mol. The van der Waals surface area contributed by atoms with Crippen LogP contribution in [0.15, 0.2) is 0 Å². The van der Waals surface area contributed by atoms with E-state index in [1.54, 1.807) is 0 Å². The third-order valence-corrected chi connectivity index (χ3v) is 5.67. The van der Waals surface area contributed by atoms with Gasteiger partial charge in [-0.25, -0.2) is 0 Å². The van der Waals surface area contributed by atoms with E-state index in [-0.39, 0.29) is 17.2 Å². The molecule has 0 aliphatic carbocycles. The van der Waals surface area contributed by atoms with Crippen molar-refractivity contribution in [2.45, 2.75) is 118 Å². The topological polar surface area (TPSA) is 68.2 Å². The van der Waals surface area contributed by atoms with Gasteiger partial charge in [0.25, 0.3) is 0 Å². The third kappa shape index (κ3) is 9.79. The van der Waals surface area contributed by atoms with Crippen LogP contribution in [0.4, 0.5) is 0 Å². The molecule has 0 bridgehead atoms. The van der Waals surface area contributed by atoms with E-state index in [1.807, 2.05) is 0 Å². The van der Waals surface area contributed by atoms with Crippen LogP contribution in [0, 0.1) is 0 Å². The van der Waals surface area contributed by atoms with Crippen LogP contribution >= 0.6 is 0 Å². The lowest BCUT2D eigenvalue weighted by atomic mass is 10.0. The second-order valence-electron chi connectivity index (χ2n) is 8.64. The summed E-state index contributed by atoms with van der Waals surface area (Å²) in [7, 11) is 0. The van der Waals surface area contributed by atoms with Crippen LogP contribution in [0.2, 0.25) is 0 Å². The number of hydrogen-bond acceptors (Lipinski definition) is 5. The summed E-state index contributed by atoms with van der Waals surface area (Å²) in [5, 5.41) is 21.7. The molecule has 0 spiro atoms. The van der Waals surface area contributed by atoms with E-state index in [0.29, 0.717) is 43.3 Å². The predicted octanol–water partition coefficient (Wildman–Crippen LogP) is 7.93. The largest absolute Gasteiger partial charge is 0.504 e. The summed E-state index contributed by atoms with van der Waals surface area (Å²) < 4.78 is 18.1. The van der Waals surface area contributed by atoms with Crippen molar-refractivity contribution in [1.29, 1.82) is 0 Å². The Hall–Kier alpha value is -1.78. The molecule has 5 heteroatoms. The lowest BCUT2D eigenvalue weighted by Crippen LogP contribution is -2.08. The van der Waals surface area contributed by atoms with E-state index in [1.165, 1.54) is 32.1 Å². The fraction of sp³-hybridized carbons (Fsp3) is 0.778. The maximum atomic E-state index is 10.9. The van der Waals surface area contributed by atoms with Crippen molar-refractivity contribution < 1.29 is 24.4 Å². The SMILES string of the molecule is CCCCCCCCCc1c(O)c(O)c(OCCCC)c(OCCCC)c1OCCCC. The van der Waals surface area contributed by atoms with Crippen LogP contribution < -0.4 is 14.2 Å². The molecule has 0 radical (unpaired) electrons. The first-order valence-corrected chi connectivity index (χ1v) is 13.1. The number of hydrogen-bond donors (Lipinski definition) is 2. The molecule has 0 saturated heterocycles. The van der Waals surface area contributed by atoms with Gasteiger partial charge in [-0.2, -0.15) is 0 Å². The molecule has 2 N–H and O–H groups in total. The lowest BCUT2D eigenvalue weighted by Gasteiger charge is -2.22. The first-order valence-electron chi connectivity index (χ1n) is 13.1. The average Bonchev–Trinajstić information content (AvgIpc) is 2.79. The van der Waals surface area contributed by atoms with Crippen molar-refractivity contribution in [3.63, 3.8) is 0 Å². The first kappa shape index (κ1) is 28.3. The molecule has 0 aromatic heterocycles. The highest BCUT2D eigenvalue weighted by Gasteiger charge is 2.27. The minimum atomic E-state index is -0.228. The zero-order valence-corrected chi connectivity index (χ0v) is 21.1. The Labute approximate surface area is 196 Å². The van der Waals surface area contributed by atoms with Crippen LogP contribution in [0.1, 0.15) is 117 Å². The first-order chi connectivity index (χ1) is 15.6. The highest BCUT2D eigenvalue weighted by molar-refractivity contribution is 5.69. The van der Waals surface area contributed by atoms with Crippen LogP contribution in [-0.4, -0.2) is 30.0 Å². The van der Waals surface area contributed by atoms with Crippen LogP contribution in [0.25, 0.3) is 0 Å². The number of aromatic hydroxyl groups is 2. The highest BCUT2D eigenvalue weighted by Crippen LogP contribution is 2.53. The van der Waals surface area contributed by atoms with Crippen molar-refractivity contribution in [3.05, 3.63) is 5.56 Å². The van der Waals surface area contributed by atoms with Gasteiger partial charge in [0.1, 0.15) is 0 Å². The van der Waals surface area contributed by atoms with E-state index in [2.05, 4.69) is 27.7 Å². The molecule has 186 valence electrons. The normalized spacial score (nSPS) is 11.0. The second kappa shape index (κ2) is 17.7. The smallest absolute Gasteiger partial charge is 0.211 e. The van der Waals surface area contributed by atoms with Crippen LogP contribution in [-0.2, 0) is 6.42 Å². The number of phenolic OH excluding ortho intramolecular Hbond substituents is 2. The molecule has 0 atom stereocenters. The Morgan fingerprint density at radius 3 is 1.44 bits per heavy atom. The van der Waals surface area contributed by atoms with E-state index in [9.17, 15) is 10.2 Å². The molecule has 0 amide bonds. The molecule has 1 rings (SSSR count). The van der Waals surface area contributed by atoms with Gasteiger partial charge in [0.2, 0.25) is 17.2 Å². The minimum Gasteiger partial charge on any atom is -0.504 e. The summed E-state index contributed by atoms with van der Waals surface area (Å²) in [5.74, 6) is 0.841. The fourth-order valence-electron chi connectivity index (χ4n) is 3.57. The summed E-state index contributed by atoms with van der Waals surface area (Å²) in [6.45, 7) is 10.1. The van der Waals surface area contributed by atoms with Gasteiger partial charge < -0.3 is 24.4 Å².